The third-order valence-corrected chi connectivity index (χ3v) is 3.48. The molecule has 0 radical (unpaired) electrons. The zero-order valence-electron chi connectivity index (χ0n) is 10.2. The van der Waals surface area contributed by atoms with Gasteiger partial charge in [-0.3, -0.25) is 4.79 Å². The summed E-state index contributed by atoms with van der Waals surface area (Å²) < 4.78 is 6.85. The van der Waals surface area contributed by atoms with Gasteiger partial charge in [0.1, 0.15) is 6.10 Å². The van der Waals surface area contributed by atoms with E-state index in [1.165, 1.54) is 10.9 Å². The molecule has 1 amide bonds. The van der Waals surface area contributed by atoms with Crippen molar-refractivity contribution in [2.24, 2.45) is 0 Å². The van der Waals surface area contributed by atoms with Gasteiger partial charge in [0, 0.05) is 19.7 Å². The number of hydrogen-bond donors (Lipinski definition) is 1. The topological polar surface area (TPSA) is 97.5 Å². The maximum absolute atomic E-state index is 12.0. The molecule has 2 aliphatic heterocycles. The van der Waals surface area contributed by atoms with Crippen molar-refractivity contribution < 1.29 is 19.4 Å². The number of nitrogens with zero attached hydrogens (tertiary/aromatic N) is 4. The molecule has 0 unspecified atom stereocenters. The van der Waals surface area contributed by atoms with Crippen LogP contribution in [-0.4, -0.2) is 62.7 Å². The Morgan fingerprint density at radius 1 is 1.42 bits per heavy atom. The molecule has 2 fully saturated rings. The Hall–Kier alpha value is -1.96. The summed E-state index contributed by atoms with van der Waals surface area (Å²) in [5.74, 6) is -1.08. The Balaban J connectivity index is 1.56. The first-order valence-corrected chi connectivity index (χ1v) is 6.20. The van der Waals surface area contributed by atoms with Gasteiger partial charge in [-0.2, -0.15) is 0 Å². The molecule has 3 heterocycles. The number of amides is 1. The molecule has 1 N–H and O–H groups in total. The van der Waals surface area contributed by atoms with Gasteiger partial charge in [0.15, 0.2) is 5.69 Å². The maximum Gasteiger partial charge on any atom is 0.358 e. The lowest BCUT2D eigenvalue weighted by Crippen LogP contribution is -2.53. The number of carbonyl (C=O) groups is 2. The van der Waals surface area contributed by atoms with Crippen LogP contribution in [0.5, 0.6) is 0 Å². The van der Waals surface area contributed by atoms with Crippen molar-refractivity contribution in [1.29, 1.82) is 0 Å². The summed E-state index contributed by atoms with van der Waals surface area (Å²) in [4.78, 5) is 24.4. The van der Waals surface area contributed by atoms with E-state index in [0.29, 0.717) is 19.7 Å². The van der Waals surface area contributed by atoms with Gasteiger partial charge < -0.3 is 14.7 Å². The number of carboxylic acids is 1. The van der Waals surface area contributed by atoms with E-state index in [-0.39, 0.29) is 23.7 Å². The van der Waals surface area contributed by atoms with E-state index in [2.05, 4.69) is 10.3 Å². The summed E-state index contributed by atoms with van der Waals surface area (Å²) in [5.41, 5.74) is -0.0797. The Bertz CT molecular complexity index is 503. The lowest BCUT2D eigenvalue weighted by Gasteiger charge is -2.39. The minimum Gasteiger partial charge on any atom is -0.476 e. The average molecular weight is 266 g/mol. The number of carbonyl (C=O) groups excluding carboxylic acids is 1. The highest BCUT2D eigenvalue weighted by molar-refractivity contribution is 5.84. The van der Waals surface area contributed by atoms with Gasteiger partial charge in [-0.1, -0.05) is 5.21 Å². The fourth-order valence-electron chi connectivity index (χ4n) is 2.33. The van der Waals surface area contributed by atoms with Gasteiger partial charge in [-0.15, -0.1) is 5.10 Å². The van der Waals surface area contributed by atoms with Crippen LogP contribution in [-0.2, 0) is 9.53 Å². The van der Waals surface area contributed by atoms with Gasteiger partial charge in [0.25, 0.3) is 5.91 Å². The van der Waals surface area contributed by atoms with Crippen LogP contribution >= 0.6 is 0 Å². The van der Waals surface area contributed by atoms with Crippen molar-refractivity contribution in [2.75, 3.05) is 19.7 Å². The normalized spacial score (nSPS) is 23.4. The molecule has 0 aromatic carbocycles. The smallest absolute Gasteiger partial charge is 0.358 e. The molecular weight excluding hydrogens is 252 g/mol. The first-order valence-electron chi connectivity index (χ1n) is 6.20. The molecule has 1 atom stereocenters. The number of likely N-dealkylation sites (tertiary alicyclic amines) is 1. The van der Waals surface area contributed by atoms with Crippen molar-refractivity contribution >= 4 is 11.9 Å². The number of ether oxygens (including phenoxy) is 1. The highest BCUT2D eigenvalue weighted by Gasteiger charge is 2.37. The average Bonchev–Trinajstić information content (AvgIpc) is 2.98. The van der Waals surface area contributed by atoms with Crippen LogP contribution < -0.4 is 0 Å². The first-order chi connectivity index (χ1) is 9.15. The van der Waals surface area contributed by atoms with Gasteiger partial charge >= 0.3 is 5.97 Å². The molecule has 2 aliphatic rings. The molecule has 8 heteroatoms. The predicted octanol–water partition coefficient (Wildman–Crippen LogP) is -0.461. The molecule has 1 aromatic heterocycles. The number of aromatic carboxylic acids is 1. The Kier molecular flexibility index (Phi) is 2.94. The van der Waals surface area contributed by atoms with Crippen LogP contribution in [0.25, 0.3) is 0 Å². The number of carboxylic acid groups (broad SMARTS) is 1. The van der Waals surface area contributed by atoms with E-state index < -0.39 is 5.97 Å². The van der Waals surface area contributed by atoms with E-state index in [1.54, 1.807) is 4.90 Å². The van der Waals surface area contributed by atoms with Crippen molar-refractivity contribution in [3.05, 3.63) is 11.9 Å². The van der Waals surface area contributed by atoms with Crippen LogP contribution in [0, 0.1) is 0 Å². The predicted molar refractivity (Wildman–Crippen MR) is 61.6 cm³/mol. The van der Waals surface area contributed by atoms with Gasteiger partial charge in [-0.25, -0.2) is 9.48 Å². The van der Waals surface area contributed by atoms with Gasteiger partial charge in [0.2, 0.25) is 0 Å². The van der Waals surface area contributed by atoms with Crippen molar-refractivity contribution in [3.8, 4) is 0 Å². The van der Waals surface area contributed by atoms with Crippen LogP contribution in [0.1, 0.15) is 29.4 Å². The Morgan fingerprint density at radius 2 is 2.21 bits per heavy atom. The second kappa shape index (κ2) is 4.61. The lowest BCUT2D eigenvalue weighted by atomic mass is 10.1. The van der Waals surface area contributed by atoms with E-state index in [4.69, 9.17) is 9.84 Å². The molecule has 3 rings (SSSR count). The van der Waals surface area contributed by atoms with Crippen molar-refractivity contribution in [2.45, 2.75) is 25.0 Å². The monoisotopic (exact) mass is 266 g/mol. The molecule has 0 saturated carbocycles. The minimum atomic E-state index is -1.10. The number of hydrogen-bond acceptors (Lipinski definition) is 5. The van der Waals surface area contributed by atoms with Crippen LogP contribution in [0.2, 0.25) is 0 Å². The molecule has 0 spiro atoms. The third kappa shape index (κ3) is 2.19. The summed E-state index contributed by atoms with van der Waals surface area (Å²) in [5, 5.41) is 16.1. The summed E-state index contributed by atoms with van der Waals surface area (Å²) in [6, 6.07) is 0.00551. The van der Waals surface area contributed by atoms with Gasteiger partial charge in [-0.05, 0) is 12.8 Å². The van der Waals surface area contributed by atoms with E-state index >= 15 is 0 Å². The Morgan fingerprint density at radius 3 is 2.79 bits per heavy atom. The molecule has 102 valence electrons. The SMILES string of the molecule is O=C(O)c1cn(C2CN(C(=O)[C@@H]3CCCO3)C2)nn1. The molecule has 19 heavy (non-hydrogen) atoms. The van der Waals surface area contributed by atoms with E-state index in [1.807, 2.05) is 0 Å². The second-order valence-corrected chi connectivity index (χ2v) is 4.79. The lowest BCUT2D eigenvalue weighted by molar-refractivity contribution is -0.147. The molecule has 8 nitrogen and oxygen atoms in total. The fraction of sp³-hybridized carbons (Fsp3) is 0.636. The van der Waals surface area contributed by atoms with Crippen LogP contribution in [0.4, 0.5) is 0 Å². The maximum atomic E-state index is 12.0. The molecule has 0 bridgehead atoms. The summed E-state index contributed by atoms with van der Waals surface area (Å²) in [6.07, 6.45) is 2.80. The Labute approximate surface area is 108 Å². The number of aromatic nitrogens is 3. The fourth-order valence-corrected chi connectivity index (χ4v) is 2.33. The van der Waals surface area contributed by atoms with Crippen LogP contribution in [0.15, 0.2) is 6.20 Å². The molecule has 2 saturated heterocycles. The highest BCUT2D eigenvalue weighted by Crippen LogP contribution is 2.24. The second-order valence-electron chi connectivity index (χ2n) is 4.79. The minimum absolute atomic E-state index is 0.00551. The summed E-state index contributed by atoms with van der Waals surface area (Å²) >= 11 is 0. The molecular formula is C11H14N4O4. The molecule has 1 aromatic rings. The molecule has 0 aliphatic carbocycles. The van der Waals surface area contributed by atoms with Gasteiger partial charge in [0.05, 0.1) is 12.2 Å². The zero-order valence-corrected chi connectivity index (χ0v) is 10.2. The number of rotatable bonds is 3. The van der Waals surface area contributed by atoms with Crippen LogP contribution in [0.3, 0.4) is 0 Å². The van der Waals surface area contributed by atoms with Crippen molar-refractivity contribution in [3.63, 3.8) is 0 Å². The largest absolute Gasteiger partial charge is 0.476 e. The zero-order chi connectivity index (χ0) is 13.4. The highest BCUT2D eigenvalue weighted by atomic mass is 16.5. The van der Waals surface area contributed by atoms with E-state index in [0.717, 1.165) is 12.8 Å². The van der Waals surface area contributed by atoms with Crippen molar-refractivity contribution in [1.82, 2.24) is 19.9 Å². The first kappa shape index (κ1) is 12.1. The summed E-state index contributed by atoms with van der Waals surface area (Å²) in [6.45, 7) is 1.71. The summed E-state index contributed by atoms with van der Waals surface area (Å²) in [7, 11) is 0. The standard InChI is InChI=1S/C11H14N4O4/c16-10(9-2-1-3-19-9)14-4-7(5-14)15-6-8(11(17)18)12-13-15/h6-7,9H,1-5H2,(H,17,18)/t9-/m0/s1. The van der Waals surface area contributed by atoms with E-state index in [9.17, 15) is 9.59 Å². The third-order valence-electron chi connectivity index (χ3n) is 3.48. The quantitative estimate of drug-likeness (QED) is 0.795.